The van der Waals surface area contributed by atoms with Crippen LogP contribution in [0, 0.1) is 0 Å². The van der Waals surface area contributed by atoms with Gasteiger partial charge in [0.15, 0.2) is 0 Å². The fraction of sp³-hybridized carbons (Fsp3) is 0.259. The van der Waals surface area contributed by atoms with Crippen LogP contribution in [0.5, 0.6) is 5.75 Å². The molecule has 1 aliphatic rings. The second-order valence-corrected chi connectivity index (χ2v) is 11.5. The van der Waals surface area contributed by atoms with Crippen LogP contribution in [0.1, 0.15) is 36.7 Å². The summed E-state index contributed by atoms with van der Waals surface area (Å²) in [6.45, 7) is 3.20. The first-order valence-corrected chi connectivity index (χ1v) is 14.6. The average Bonchev–Trinajstić information content (AvgIpc) is 3.61. The van der Waals surface area contributed by atoms with Crippen molar-refractivity contribution in [2.24, 2.45) is 0 Å². The number of hydrogen-bond acceptors (Lipinski definition) is 6. The summed E-state index contributed by atoms with van der Waals surface area (Å²) in [6.07, 6.45) is 2.71. The Bertz CT molecular complexity index is 1480. The summed E-state index contributed by atoms with van der Waals surface area (Å²) in [4.78, 5) is 14.7. The normalized spacial score (nSPS) is 14.4. The van der Waals surface area contributed by atoms with Crippen molar-refractivity contribution in [2.45, 2.75) is 31.1 Å². The number of nitrogens with zero attached hydrogens (tertiary/aromatic N) is 3. The topological polar surface area (TPSA) is 93.5 Å². The third kappa shape index (κ3) is 5.31. The van der Waals surface area contributed by atoms with Gasteiger partial charge in [0, 0.05) is 13.1 Å². The molecule has 10 heteroatoms. The molecule has 5 rings (SSSR count). The molecule has 4 aromatic rings. The Morgan fingerprint density at radius 2 is 1.81 bits per heavy atom. The minimum Gasteiger partial charge on any atom is -0.492 e. The maximum atomic E-state index is 13.6. The van der Waals surface area contributed by atoms with Gasteiger partial charge in [0.2, 0.25) is 10.0 Å². The number of ether oxygens (including phenoxy) is 1. The lowest BCUT2D eigenvalue weighted by Crippen LogP contribution is -2.35. The second kappa shape index (κ2) is 10.9. The van der Waals surface area contributed by atoms with Gasteiger partial charge in [0.05, 0.1) is 27.8 Å². The predicted molar refractivity (Wildman–Crippen MR) is 145 cm³/mol. The van der Waals surface area contributed by atoms with Gasteiger partial charge in [-0.05, 0) is 67.6 Å². The minimum atomic E-state index is -3.68. The van der Waals surface area contributed by atoms with E-state index in [0.717, 1.165) is 29.8 Å². The van der Waals surface area contributed by atoms with Gasteiger partial charge in [-0.2, -0.15) is 9.40 Å². The number of sulfonamides is 1. The van der Waals surface area contributed by atoms with Crippen LogP contribution >= 0.6 is 11.3 Å². The minimum absolute atomic E-state index is 0.129. The molecule has 2 aromatic heterocycles. The van der Waals surface area contributed by atoms with E-state index in [9.17, 15) is 13.2 Å². The largest absolute Gasteiger partial charge is 0.492 e. The maximum absolute atomic E-state index is 13.6. The number of benzene rings is 2. The molecule has 0 spiro atoms. The summed E-state index contributed by atoms with van der Waals surface area (Å²) in [7, 11) is -3.68. The monoisotopic (exact) mass is 536 g/mol. The highest BCUT2D eigenvalue weighted by atomic mass is 32.2. The molecule has 1 aliphatic heterocycles. The zero-order chi connectivity index (χ0) is 25.8. The molecule has 0 aliphatic carbocycles. The molecule has 37 heavy (non-hydrogen) atoms. The Balaban J connectivity index is 1.52. The van der Waals surface area contributed by atoms with E-state index in [1.54, 1.807) is 16.8 Å². The van der Waals surface area contributed by atoms with Gasteiger partial charge in [0.25, 0.3) is 5.91 Å². The molecule has 0 saturated carbocycles. The fourth-order valence-electron chi connectivity index (χ4n) is 4.34. The molecule has 1 N–H and O–H groups in total. The first-order valence-electron chi connectivity index (χ1n) is 12.2. The highest BCUT2D eigenvalue weighted by Crippen LogP contribution is 2.32. The number of thiophene rings is 1. The van der Waals surface area contributed by atoms with Crippen molar-refractivity contribution in [3.8, 4) is 22.0 Å². The van der Waals surface area contributed by atoms with Crippen LogP contribution in [0.3, 0.4) is 0 Å². The Kier molecular flexibility index (Phi) is 7.40. The number of anilines is 1. The van der Waals surface area contributed by atoms with Crippen molar-refractivity contribution < 1.29 is 17.9 Å². The molecule has 0 unspecified atom stereocenters. The molecule has 0 radical (unpaired) electrons. The molecule has 1 saturated heterocycles. The van der Waals surface area contributed by atoms with E-state index in [2.05, 4.69) is 5.32 Å². The van der Waals surface area contributed by atoms with Gasteiger partial charge in [-0.1, -0.05) is 30.7 Å². The van der Waals surface area contributed by atoms with Crippen LogP contribution in [0.15, 0.2) is 77.0 Å². The lowest BCUT2D eigenvalue weighted by Gasteiger charge is -2.26. The lowest BCUT2D eigenvalue weighted by molar-refractivity contribution is 0.101. The number of nitrogens with one attached hydrogen (secondary N) is 1. The summed E-state index contributed by atoms with van der Waals surface area (Å²) < 4.78 is 35.4. The van der Waals surface area contributed by atoms with E-state index in [4.69, 9.17) is 9.84 Å². The Morgan fingerprint density at radius 3 is 2.51 bits per heavy atom. The van der Waals surface area contributed by atoms with Crippen molar-refractivity contribution in [2.75, 3.05) is 25.0 Å². The number of amides is 1. The van der Waals surface area contributed by atoms with Gasteiger partial charge >= 0.3 is 0 Å². The molecule has 192 valence electrons. The molecule has 2 aromatic carbocycles. The van der Waals surface area contributed by atoms with Crippen LogP contribution in [-0.4, -0.2) is 48.1 Å². The summed E-state index contributed by atoms with van der Waals surface area (Å²) >= 11 is 1.54. The smallest absolute Gasteiger partial charge is 0.274 e. The van der Waals surface area contributed by atoms with Crippen molar-refractivity contribution in [3.63, 3.8) is 0 Å². The van der Waals surface area contributed by atoms with E-state index in [0.29, 0.717) is 42.5 Å². The van der Waals surface area contributed by atoms with Crippen molar-refractivity contribution in [1.29, 1.82) is 0 Å². The second-order valence-electron chi connectivity index (χ2n) is 8.65. The zero-order valence-corrected chi connectivity index (χ0v) is 22.1. The maximum Gasteiger partial charge on any atom is 0.274 e. The van der Waals surface area contributed by atoms with Crippen molar-refractivity contribution in [3.05, 3.63) is 77.8 Å². The first-order chi connectivity index (χ1) is 18.0. The van der Waals surface area contributed by atoms with Crippen LogP contribution in [0.4, 0.5) is 5.69 Å². The third-order valence-electron chi connectivity index (χ3n) is 6.17. The van der Waals surface area contributed by atoms with E-state index in [1.807, 2.05) is 54.8 Å². The van der Waals surface area contributed by atoms with E-state index in [1.165, 1.54) is 27.8 Å². The molecule has 0 bridgehead atoms. The Hall–Kier alpha value is -3.47. The van der Waals surface area contributed by atoms with Crippen LogP contribution in [0.2, 0.25) is 0 Å². The van der Waals surface area contributed by atoms with Gasteiger partial charge < -0.3 is 10.1 Å². The summed E-state index contributed by atoms with van der Waals surface area (Å²) in [5.74, 6) is -0.0228. The SMILES string of the molecule is CCOc1ccc(S(=O)(=O)N2CCCCC2)cc1NC(=O)c1cc(-c2cccs2)nn1-c1ccccc1. The molecule has 8 nitrogen and oxygen atoms in total. The number of para-hydroxylation sites is 1. The van der Waals surface area contributed by atoms with E-state index in [-0.39, 0.29) is 4.90 Å². The molecular weight excluding hydrogens is 508 g/mol. The quantitative estimate of drug-likeness (QED) is 0.324. The summed E-state index contributed by atoms with van der Waals surface area (Å²) in [6, 6.07) is 19.6. The Morgan fingerprint density at radius 1 is 1.03 bits per heavy atom. The average molecular weight is 537 g/mol. The van der Waals surface area contributed by atoms with Crippen LogP contribution in [0.25, 0.3) is 16.3 Å². The highest BCUT2D eigenvalue weighted by Gasteiger charge is 2.27. The molecule has 1 amide bonds. The van der Waals surface area contributed by atoms with Gasteiger partial charge in [-0.15, -0.1) is 11.3 Å². The van der Waals surface area contributed by atoms with Crippen molar-refractivity contribution in [1.82, 2.24) is 14.1 Å². The van der Waals surface area contributed by atoms with Gasteiger partial charge in [0.1, 0.15) is 17.1 Å². The Labute approximate surface area is 220 Å². The number of aromatic nitrogens is 2. The zero-order valence-electron chi connectivity index (χ0n) is 20.5. The molecule has 3 heterocycles. The van der Waals surface area contributed by atoms with Crippen LogP contribution in [-0.2, 0) is 10.0 Å². The number of hydrogen-bond donors (Lipinski definition) is 1. The van der Waals surface area contributed by atoms with Crippen molar-refractivity contribution >= 4 is 33.0 Å². The predicted octanol–water partition coefficient (Wildman–Crippen LogP) is 5.43. The number of carbonyl (C=O) groups excluding carboxylic acids is 1. The lowest BCUT2D eigenvalue weighted by atomic mass is 10.2. The number of carbonyl (C=O) groups is 1. The summed E-state index contributed by atoms with van der Waals surface area (Å²) in [5.41, 5.74) is 2.03. The standard InChI is InChI=1S/C27H28N4O4S2/c1-2-35-25-14-13-21(37(33,34)30-15-7-4-8-16-30)18-22(25)28-27(32)24-19-23(26-12-9-17-36-26)29-31(24)20-10-5-3-6-11-20/h3,5-6,9-14,17-19H,2,4,7-8,15-16H2,1H3,(H,28,32). The fourth-order valence-corrected chi connectivity index (χ4v) is 6.57. The summed E-state index contributed by atoms with van der Waals surface area (Å²) in [5, 5.41) is 9.54. The first kappa shape index (κ1) is 25.2. The highest BCUT2D eigenvalue weighted by molar-refractivity contribution is 7.89. The molecule has 0 atom stereocenters. The van der Waals surface area contributed by atoms with Gasteiger partial charge in [-0.25, -0.2) is 13.1 Å². The molecular formula is C27H28N4O4S2. The van der Waals surface area contributed by atoms with E-state index >= 15 is 0 Å². The number of piperidine rings is 1. The van der Waals surface area contributed by atoms with E-state index < -0.39 is 15.9 Å². The number of rotatable bonds is 8. The van der Waals surface area contributed by atoms with Crippen LogP contribution < -0.4 is 10.1 Å². The third-order valence-corrected chi connectivity index (χ3v) is 8.96. The van der Waals surface area contributed by atoms with Gasteiger partial charge in [-0.3, -0.25) is 4.79 Å². The molecule has 1 fully saturated rings.